The van der Waals surface area contributed by atoms with E-state index in [1.807, 2.05) is 6.07 Å². The quantitative estimate of drug-likeness (QED) is 0.770. The smallest absolute Gasteiger partial charge is 0.120 e. The van der Waals surface area contributed by atoms with Crippen molar-refractivity contribution < 1.29 is 4.42 Å². The van der Waals surface area contributed by atoms with Gasteiger partial charge in [0.2, 0.25) is 0 Å². The Labute approximate surface area is 98.6 Å². The van der Waals surface area contributed by atoms with E-state index >= 15 is 0 Å². The Balaban J connectivity index is 2.13. The Morgan fingerprint density at radius 3 is 2.50 bits per heavy atom. The minimum atomic E-state index is 0.347. The van der Waals surface area contributed by atoms with Crippen molar-refractivity contribution in [1.29, 1.82) is 0 Å². The third-order valence-corrected chi connectivity index (χ3v) is 3.26. The Kier molecular flexibility index (Phi) is 3.38. The summed E-state index contributed by atoms with van der Waals surface area (Å²) in [5.74, 6) is 1.14. The van der Waals surface area contributed by atoms with Crippen molar-refractivity contribution in [1.82, 2.24) is 4.90 Å². The summed E-state index contributed by atoms with van der Waals surface area (Å²) in [6.07, 6.45) is 5.63. The van der Waals surface area contributed by atoms with Crippen LogP contribution in [0.2, 0.25) is 0 Å². The van der Waals surface area contributed by atoms with Gasteiger partial charge in [0.25, 0.3) is 0 Å². The average molecular weight is 221 g/mol. The lowest BCUT2D eigenvalue weighted by molar-refractivity contribution is 0.157. The second-order valence-electron chi connectivity index (χ2n) is 6.04. The van der Waals surface area contributed by atoms with Crippen LogP contribution in [0.15, 0.2) is 22.8 Å². The van der Waals surface area contributed by atoms with Crippen molar-refractivity contribution in [2.75, 3.05) is 13.1 Å². The van der Waals surface area contributed by atoms with Gasteiger partial charge in [-0.1, -0.05) is 20.8 Å². The Morgan fingerprint density at radius 1 is 1.31 bits per heavy atom. The lowest BCUT2D eigenvalue weighted by Crippen LogP contribution is -2.28. The van der Waals surface area contributed by atoms with E-state index in [0.29, 0.717) is 11.5 Å². The van der Waals surface area contributed by atoms with E-state index in [4.69, 9.17) is 4.42 Å². The van der Waals surface area contributed by atoms with Crippen molar-refractivity contribution in [3.63, 3.8) is 0 Å². The zero-order chi connectivity index (χ0) is 11.6. The predicted molar refractivity (Wildman–Crippen MR) is 66.3 cm³/mol. The van der Waals surface area contributed by atoms with Crippen molar-refractivity contribution in [3.05, 3.63) is 24.2 Å². The third kappa shape index (κ3) is 2.88. The highest BCUT2D eigenvalue weighted by Crippen LogP contribution is 2.35. The highest BCUT2D eigenvalue weighted by Gasteiger charge is 2.29. The third-order valence-electron chi connectivity index (χ3n) is 3.26. The van der Waals surface area contributed by atoms with E-state index in [-0.39, 0.29) is 0 Å². The molecule has 1 atom stereocenters. The Morgan fingerprint density at radius 2 is 2.00 bits per heavy atom. The molecule has 0 amide bonds. The standard InChI is InChI=1S/C14H23NO/c1-14(2,3)11-12(13-7-6-10-16-13)15-8-4-5-9-15/h6-7,10,12H,4-5,8-9,11H2,1-3H3. The van der Waals surface area contributed by atoms with Crippen molar-refractivity contribution in [3.8, 4) is 0 Å². The molecule has 1 aromatic rings. The maximum atomic E-state index is 5.61. The number of rotatable bonds is 3. The molecule has 1 fully saturated rings. The summed E-state index contributed by atoms with van der Waals surface area (Å²) >= 11 is 0. The first kappa shape index (κ1) is 11.7. The van der Waals surface area contributed by atoms with E-state index in [0.717, 1.165) is 5.76 Å². The van der Waals surface area contributed by atoms with Crippen LogP contribution in [-0.4, -0.2) is 18.0 Å². The van der Waals surface area contributed by atoms with E-state index in [2.05, 4.69) is 31.7 Å². The summed E-state index contributed by atoms with van der Waals surface area (Å²) in [7, 11) is 0. The van der Waals surface area contributed by atoms with E-state index in [9.17, 15) is 0 Å². The van der Waals surface area contributed by atoms with Crippen LogP contribution in [0.3, 0.4) is 0 Å². The number of nitrogens with zero attached hydrogens (tertiary/aromatic N) is 1. The van der Waals surface area contributed by atoms with Crippen LogP contribution in [0.5, 0.6) is 0 Å². The van der Waals surface area contributed by atoms with Gasteiger partial charge in [-0.05, 0) is 49.9 Å². The van der Waals surface area contributed by atoms with Gasteiger partial charge in [0.15, 0.2) is 0 Å². The molecule has 1 aliphatic rings. The molecule has 0 saturated carbocycles. The fraction of sp³-hybridized carbons (Fsp3) is 0.714. The van der Waals surface area contributed by atoms with Gasteiger partial charge in [-0.2, -0.15) is 0 Å². The molecule has 0 N–H and O–H groups in total. The van der Waals surface area contributed by atoms with Gasteiger partial charge >= 0.3 is 0 Å². The molecule has 0 aromatic carbocycles. The van der Waals surface area contributed by atoms with Gasteiger partial charge in [0.1, 0.15) is 5.76 Å². The van der Waals surface area contributed by atoms with Crippen LogP contribution in [0.4, 0.5) is 0 Å². The zero-order valence-electron chi connectivity index (χ0n) is 10.7. The number of likely N-dealkylation sites (tertiary alicyclic amines) is 1. The molecule has 90 valence electrons. The fourth-order valence-electron chi connectivity index (χ4n) is 2.52. The molecule has 1 aliphatic heterocycles. The molecule has 2 nitrogen and oxygen atoms in total. The first-order chi connectivity index (χ1) is 7.56. The van der Waals surface area contributed by atoms with Crippen molar-refractivity contribution in [2.24, 2.45) is 5.41 Å². The monoisotopic (exact) mass is 221 g/mol. The summed E-state index contributed by atoms with van der Waals surface area (Å²) in [4.78, 5) is 2.57. The minimum absolute atomic E-state index is 0.347. The SMILES string of the molecule is CC(C)(C)CC(c1ccco1)N1CCCC1. The highest BCUT2D eigenvalue weighted by atomic mass is 16.3. The lowest BCUT2D eigenvalue weighted by atomic mass is 9.86. The molecule has 1 saturated heterocycles. The molecular weight excluding hydrogens is 198 g/mol. The lowest BCUT2D eigenvalue weighted by Gasteiger charge is -2.31. The highest BCUT2D eigenvalue weighted by molar-refractivity contribution is 5.06. The second-order valence-corrected chi connectivity index (χ2v) is 6.04. The topological polar surface area (TPSA) is 16.4 Å². The predicted octanol–water partition coefficient (Wildman–Crippen LogP) is 3.85. The summed E-state index contributed by atoms with van der Waals surface area (Å²) in [5.41, 5.74) is 0.347. The molecule has 0 radical (unpaired) electrons. The van der Waals surface area contributed by atoms with Crippen molar-refractivity contribution in [2.45, 2.75) is 46.1 Å². The van der Waals surface area contributed by atoms with E-state index in [1.54, 1.807) is 6.26 Å². The van der Waals surface area contributed by atoms with E-state index in [1.165, 1.54) is 32.4 Å². The Hall–Kier alpha value is -0.760. The molecular formula is C14H23NO. The number of hydrogen-bond acceptors (Lipinski definition) is 2. The minimum Gasteiger partial charge on any atom is -0.468 e. The van der Waals surface area contributed by atoms with Gasteiger partial charge in [0, 0.05) is 0 Å². The molecule has 2 heterocycles. The summed E-state index contributed by atoms with van der Waals surface area (Å²) in [5, 5.41) is 0. The second kappa shape index (κ2) is 4.62. The molecule has 0 aliphatic carbocycles. The van der Waals surface area contributed by atoms with Crippen LogP contribution in [0.25, 0.3) is 0 Å². The molecule has 0 spiro atoms. The van der Waals surface area contributed by atoms with Crippen LogP contribution >= 0.6 is 0 Å². The summed E-state index contributed by atoms with van der Waals surface area (Å²) < 4.78 is 5.61. The summed E-state index contributed by atoms with van der Waals surface area (Å²) in [6.45, 7) is 9.36. The summed E-state index contributed by atoms with van der Waals surface area (Å²) in [6, 6.07) is 4.59. The van der Waals surface area contributed by atoms with Gasteiger partial charge < -0.3 is 4.42 Å². The van der Waals surface area contributed by atoms with Gasteiger partial charge in [-0.3, -0.25) is 4.90 Å². The Bertz CT molecular complexity index is 304. The molecule has 1 aromatic heterocycles. The van der Waals surface area contributed by atoms with E-state index < -0.39 is 0 Å². The van der Waals surface area contributed by atoms with Crippen molar-refractivity contribution >= 4 is 0 Å². The van der Waals surface area contributed by atoms with Gasteiger partial charge in [-0.25, -0.2) is 0 Å². The zero-order valence-corrected chi connectivity index (χ0v) is 10.7. The maximum absolute atomic E-state index is 5.61. The van der Waals surface area contributed by atoms with Gasteiger partial charge in [0.05, 0.1) is 12.3 Å². The van der Waals surface area contributed by atoms with Crippen LogP contribution in [0.1, 0.15) is 51.8 Å². The molecule has 2 rings (SSSR count). The number of furan rings is 1. The first-order valence-corrected chi connectivity index (χ1v) is 6.34. The molecule has 16 heavy (non-hydrogen) atoms. The van der Waals surface area contributed by atoms with Crippen LogP contribution in [-0.2, 0) is 0 Å². The van der Waals surface area contributed by atoms with Crippen LogP contribution < -0.4 is 0 Å². The molecule has 2 heteroatoms. The molecule has 1 unspecified atom stereocenters. The number of hydrogen-bond donors (Lipinski definition) is 0. The fourth-order valence-corrected chi connectivity index (χ4v) is 2.52. The largest absolute Gasteiger partial charge is 0.468 e. The normalized spacial score (nSPS) is 20.2. The first-order valence-electron chi connectivity index (χ1n) is 6.34. The molecule has 0 bridgehead atoms. The van der Waals surface area contributed by atoms with Crippen LogP contribution in [0, 0.1) is 5.41 Å². The van der Waals surface area contributed by atoms with Gasteiger partial charge in [-0.15, -0.1) is 0 Å². The maximum Gasteiger partial charge on any atom is 0.120 e. The average Bonchev–Trinajstić information content (AvgIpc) is 2.86.